The molecular formula is C9H9N5OS. The molecule has 0 bridgehead atoms. The highest BCUT2D eigenvalue weighted by Gasteiger charge is 2.05. The molecule has 0 saturated carbocycles. The van der Waals surface area contributed by atoms with Gasteiger partial charge in [-0.15, -0.1) is 0 Å². The van der Waals surface area contributed by atoms with E-state index in [-0.39, 0.29) is 11.5 Å². The van der Waals surface area contributed by atoms with Crippen LogP contribution >= 0.6 is 11.8 Å². The van der Waals surface area contributed by atoms with E-state index in [1.807, 2.05) is 6.92 Å². The Kier molecular flexibility index (Phi) is 2.86. The van der Waals surface area contributed by atoms with Gasteiger partial charge >= 0.3 is 0 Å². The lowest BCUT2D eigenvalue weighted by molar-refractivity contribution is 0.926. The second-order valence-corrected chi connectivity index (χ2v) is 4.04. The number of rotatable bonds is 2. The average Bonchev–Trinajstić information content (AvgIpc) is 2.24. The number of nitrogens with two attached hydrogens (primary N) is 1. The molecule has 0 atom stereocenters. The van der Waals surface area contributed by atoms with Crippen LogP contribution in [-0.4, -0.2) is 19.9 Å². The molecule has 0 fully saturated rings. The van der Waals surface area contributed by atoms with Crippen LogP contribution in [0.25, 0.3) is 0 Å². The van der Waals surface area contributed by atoms with Crippen molar-refractivity contribution in [3.63, 3.8) is 0 Å². The molecule has 0 aromatic carbocycles. The molecule has 7 heteroatoms. The van der Waals surface area contributed by atoms with E-state index in [1.165, 1.54) is 24.0 Å². The zero-order valence-electron chi connectivity index (χ0n) is 8.47. The van der Waals surface area contributed by atoms with Crippen molar-refractivity contribution in [1.82, 2.24) is 19.9 Å². The van der Waals surface area contributed by atoms with Gasteiger partial charge in [0, 0.05) is 24.0 Å². The summed E-state index contributed by atoms with van der Waals surface area (Å²) in [6, 6.07) is 1.35. The zero-order valence-corrected chi connectivity index (χ0v) is 9.28. The molecule has 0 saturated heterocycles. The summed E-state index contributed by atoms with van der Waals surface area (Å²) in [6.07, 6.45) is 3.08. The second-order valence-electron chi connectivity index (χ2n) is 3.06. The molecule has 2 rings (SSSR count). The van der Waals surface area contributed by atoms with Gasteiger partial charge in [-0.05, 0) is 18.7 Å². The molecule has 6 nitrogen and oxygen atoms in total. The van der Waals surface area contributed by atoms with E-state index in [0.717, 1.165) is 5.56 Å². The number of anilines is 1. The van der Waals surface area contributed by atoms with Crippen LogP contribution < -0.4 is 11.3 Å². The first-order chi connectivity index (χ1) is 7.65. The first-order valence-corrected chi connectivity index (χ1v) is 5.29. The molecule has 0 aliphatic rings. The Labute approximate surface area is 95.4 Å². The van der Waals surface area contributed by atoms with Crippen LogP contribution in [0.2, 0.25) is 0 Å². The monoisotopic (exact) mass is 235 g/mol. The largest absolute Gasteiger partial charge is 0.368 e. The van der Waals surface area contributed by atoms with Crippen molar-refractivity contribution in [2.45, 2.75) is 17.1 Å². The maximum Gasteiger partial charge on any atom is 0.251 e. The lowest BCUT2D eigenvalue weighted by atomic mass is 10.4. The first-order valence-electron chi connectivity index (χ1n) is 4.47. The fourth-order valence-corrected chi connectivity index (χ4v) is 1.84. The number of aromatic nitrogens is 4. The van der Waals surface area contributed by atoms with Crippen molar-refractivity contribution in [2.24, 2.45) is 0 Å². The van der Waals surface area contributed by atoms with E-state index in [0.29, 0.717) is 10.2 Å². The number of nitrogen functional groups attached to an aromatic ring is 1. The van der Waals surface area contributed by atoms with E-state index >= 15 is 0 Å². The number of aromatic amines is 1. The summed E-state index contributed by atoms with van der Waals surface area (Å²) < 4.78 is 0. The highest BCUT2D eigenvalue weighted by Crippen LogP contribution is 2.24. The minimum absolute atomic E-state index is 0.197. The molecule has 2 aromatic heterocycles. The van der Waals surface area contributed by atoms with Gasteiger partial charge in [0.25, 0.3) is 5.56 Å². The van der Waals surface area contributed by atoms with Crippen molar-refractivity contribution in [1.29, 1.82) is 0 Å². The lowest BCUT2D eigenvalue weighted by Crippen LogP contribution is -2.05. The van der Waals surface area contributed by atoms with Crippen LogP contribution in [0.4, 0.5) is 5.95 Å². The minimum Gasteiger partial charge on any atom is -0.368 e. The molecule has 2 heterocycles. The maximum atomic E-state index is 11.1. The van der Waals surface area contributed by atoms with Crippen LogP contribution in [-0.2, 0) is 0 Å². The molecule has 3 N–H and O–H groups in total. The standard InChI is InChI=1S/C9H9N5OS/c1-5-4-12-8(10)14-7(5)16-9-11-3-2-6(15)13-9/h2-4H,1H3,(H2,10,12,14)(H,11,13,15). The Morgan fingerprint density at radius 3 is 3.00 bits per heavy atom. The highest BCUT2D eigenvalue weighted by molar-refractivity contribution is 7.99. The fraction of sp³-hybridized carbons (Fsp3) is 0.111. The van der Waals surface area contributed by atoms with Crippen molar-refractivity contribution in [3.8, 4) is 0 Å². The minimum atomic E-state index is -0.197. The third-order valence-corrected chi connectivity index (χ3v) is 2.79. The van der Waals surface area contributed by atoms with Crippen molar-refractivity contribution >= 4 is 17.7 Å². The number of nitrogens with one attached hydrogen (secondary N) is 1. The Morgan fingerprint density at radius 1 is 1.44 bits per heavy atom. The number of H-pyrrole nitrogens is 1. The number of nitrogens with zero attached hydrogens (tertiary/aromatic N) is 3. The van der Waals surface area contributed by atoms with E-state index in [4.69, 9.17) is 5.73 Å². The van der Waals surface area contributed by atoms with E-state index in [1.54, 1.807) is 6.20 Å². The van der Waals surface area contributed by atoms with Gasteiger partial charge in [0.2, 0.25) is 5.95 Å². The smallest absolute Gasteiger partial charge is 0.251 e. The van der Waals surface area contributed by atoms with Gasteiger partial charge in [-0.1, -0.05) is 0 Å². The Morgan fingerprint density at radius 2 is 2.25 bits per heavy atom. The third-order valence-electron chi connectivity index (χ3n) is 1.79. The zero-order chi connectivity index (χ0) is 11.5. The van der Waals surface area contributed by atoms with Crippen LogP contribution in [0.15, 0.2) is 33.4 Å². The molecule has 0 aliphatic carbocycles. The lowest BCUT2D eigenvalue weighted by Gasteiger charge is -2.03. The summed E-state index contributed by atoms with van der Waals surface area (Å²) in [5.74, 6) is 0.200. The Hall–Kier alpha value is -1.89. The topological polar surface area (TPSA) is 97.5 Å². The molecule has 0 amide bonds. The van der Waals surface area contributed by atoms with Crippen molar-refractivity contribution < 1.29 is 0 Å². The summed E-state index contributed by atoms with van der Waals surface area (Å²) >= 11 is 1.24. The van der Waals surface area contributed by atoms with E-state index < -0.39 is 0 Å². The normalized spacial score (nSPS) is 10.3. The SMILES string of the molecule is Cc1cnc(N)nc1Sc1nccc(=O)[nH]1. The van der Waals surface area contributed by atoms with Gasteiger partial charge in [-0.2, -0.15) is 0 Å². The summed E-state index contributed by atoms with van der Waals surface area (Å²) in [4.78, 5) is 25.6. The molecular weight excluding hydrogens is 226 g/mol. The van der Waals surface area contributed by atoms with Gasteiger partial charge in [0.05, 0.1) is 0 Å². The van der Waals surface area contributed by atoms with Gasteiger partial charge in [0.15, 0.2) is 5.16 Å². The van der Waals surface area contributed by atoms with Crippen LogP contribution in [0.1, 0.15) is 5.56 Å². The highest BCUT2D eigenvalue weighted by atomic mass is 32.2. The first kappa shape index (κ1) is 10.6. The van der Waals surface area contributed by atoms with Gasteiger partial charge in [-0.3, -0.25) is 4.79 Å². The maximum absolute atomic E-state index is 11.1. The fourth-order valence-electron chi connectivity index (χ4n) is 1.04. The Balaban J connectivity index is 2.33. The molecule has 0 spiro atoms. The number of aryl methyl sites for hydroxylation is 1. The molecule has 0 radical (unpaired) electrons. The molecule has 0 unspecified atom stereocenters. The molecule has 82 valence electrons. The van der Waals surface area contributed by atoms with Crippen molar-refractivity contribution in [2.75, 3.05) is 5.73 Å². The molecule has 2 aromatic rings. The Bertz CT molecular complexity index is 568. The molecule has 0 aliphatic heterocycles. The summed E-state index contributed by atoms with van der Waals surface area (Å²) in [5, 5.41) is 1.16. The number of hydrogen-bond donors (Lipinski definition) is 2. The third kappa shape index (κ3) is 2.37. The van der Waals surface area contributed by atoms with Gasteiger partial charge in [0.1, 0.15) is 5.03 Å². The van der Waals surface area contributed by atoms with Crippen LogP contribution in [0.3, 0.4) is 0 Å². The van der Waals surface area contributed by atoms with Crippen LogP contribution in [0, 0.1) is 6.92 Å². The van der Waals surface area contributed by atoms with Crippen LogP contribution in [0.5, 0.6) is 0 Å². The summed E-state index contributed by atoms with van der Waals surface area (Å²) in [7, 11) is 0. The average molecular weight is 235 g/mol. The second kappa shape index (κ2) is 4.31. The van der Waals surface area contributed by atoms with E-state index in [9.17, 15) is 4.79 Å². The molecule has 16 heavy (non-hydrogen) atoms. The van der Waals surface area contributed by atoms with Crippen molar-refractivity contribution in [3.05, 3.63) is 34.4 Å². The predicted octanol–water partition coefficient (Wildman–Crippen LogP) is 0.602. The van der Waals surface area contributed by atoms with Gasteiger partial charge < -0.3 is 10.7 Å². The number of hydrogen-bond acceptors (Lipinski definition) is 6. The predicted molar refractivity (Wildman–Crippen MR) is 60.2 cm³/mol. The summed E-state index contributed by atoms with van der Waals surface area (Å²) in [5.41, 5.74) is 6.17. The van der Waals surface area contributed by atoms with Gasteiger partial charge in [-0.25, -0.2) is 15.0 Å². The van der Waals surface area contributed by atoms with E-state index in [2.05, 4.69) is 19.9 Å². The quantitative estimate of drug-likeness (QED) is 0.584. The summed E-state index contributed by atoms with van der Waals surface area (Å²) in [6.45, 7) is 1.86.